The lowest BCUT2D eigenvalue weighted by Crippen LogP contribution is -2.20. The van der Waals surface area contributed by atoms with Gasteiger partial charge in [-0.05, 0) is 31.2 Å². The second-order valence-corrected chi connectivity index (χ2v) is 3.51. The highest BCUT2D eigenvalue weighted by Gasteiger charge is 2.09. The highest BCUT2D eigenvalue weighted by atomic mass is 19.1. The van der Waals surface area contributed by atoms with Crippen molar-refractivity contribution in [2.45, 2.75) is 19.4 Å². The van der Waals surface area contributed by atoms with Crippen molar-refractivity contribution < 1.29 is 23.8 Å². The van der Waals surface area contributed by atoms with E-state index in [0.29, 0.717) is 25.4 Å². The van der Waals surface area contributed by atoms with Crippen molar-refractivity contribution in [3.05, 3.63) is 30.1 Å². The minimum atomic E-state index is -0.982. The molecule has 17 heavy (non-hydrogen) atoms. The van der Waals surface area contributed by atoms with Gasteiger partial charge in [0.25, 0.3) is 0 Å². The lowest BCUT2D eigenvalue weighted by atomic mass is 10.3. The van der Waals surface area contributed by atoms with Crippen molar-refractivity contribution in [1.29, 1.82) is 0 Å². The van der Waals surface area contributed by atoms with Gasteiger partial charge in [-0.3, -0.25) is 0 Å². The Bertz CT molecular complexity index is 350. The van der Waals surface area contributed by atoms with E-state index in [9.17, 15) is 9.18 Å². The number of carbonyl (C=O) groups is 1. The normalized spacial score (nSPS) is 12.1. The van der Waals surface area contributed by atoms with Crippen LogP contribution in [0.2, 0.25) is 0 Å². The lowest BCUT2D eigenvalue weighted by molar-refractivity contribution is -0.149. The molecular formula is C12H15FO4. The zero-order valence-corrected chi connectivity index (χ0v) is 9.56. The van der Waals surface area contributed by atoms with Crippen LogP contribution in [-0.4, -0.2) is 30.4 Å². The molecule has 0 spiro atoms. The molecule has 0 saturated carbocycles. The van der Waals surface area contributed by atoms with Crippen LogP contribution in [0.15, 0.2) is 24.3 Å². The van der Waals surface area contributed by atoms with Crippen LogP contribution in [-0.2, 0) is 9.53 Å². The summed E-state index contributed by atoms with van der Waals surface area (Å²) in [6, 6.07) is 5.71. The van der Waals surface area contributed by atoms with Crippen LogP contribution < -0.4 is 4.74 Å². The number of hydrogen-bond donors (Lipinski definition) is 1. The Labute approximate surface area is 99.0 Å². The molecule has 5 heteroatoms. The van der Waals surface area contributed by atoms with Crippen molar-refractivity contribution in [2.24, 2.45) is 0 Å². The molecule has 1 N–H and O–H groups in total. The summed E-state index contributed by atoms with van der Waals surface area (Å²) in [7, 11) is 0. The molecular weight excluding hydrogens is 227 g/mol. The minimum Gasteiger partial charge on any atom is -0.494 e. The molecule has 0 bridgehead atoms. The van der Waals surface area contributed by atoms with Gasteiger partial charge in [0, 0.05) is 6.42 Å². The summed E-state index contributed by atoms with van der Waals surface area (Å²) in [4.78, 5) is 10.4. The number of aliphatic carboxylic acids is 1. The first kappa shape index (κ1) is 13.4. The van der Waals surface area contributed by atoms with E-state index in [0.717, 1.165) is 0 Å². The fourth-order valence-electron chi connectivity index (χ4n) is 1.11. The molecule has 1 aromatic rings. The van der Waals surface area contributed by atoms with E-state index in [1.165, 1.54) is 31.2 Å². The van der Waals surface area contributed by atoms with E-state index < -0.39 is 12.1 Å². The topological polar surface area (TPSA) is 55.8 Å². The van der Waals surface area contributed by atoms with Gasteiger partial charge >= 0.3 is 5.97 Å². The number of halogens is 1. The molecule has 94 valence electrons. The molecule has 0 amide bonds. The van der Waals surface area contributed by atoms with Gasteiger partial charge in [0.15, 0.2) is 6.10 Å². The number of carboxylic acids is 1. The first-order chi connectivity index (χ1) is 8.09. The predicted molar refractivity (Wildman–Crippen MR) is 59.6 cm³/mol. The number of benzene rings is 1. The molecule has 1 unspecified atom stereocenters. The Morgan fingerprint density at radius 1 is 1.35 bits per heavy atom. The quantitative estimate of drug-likeness (QED) is 0.744. The number of ether oxygens (including phenoxy) is 2. The zero-order valence-electron chi connectivity index (χ0n) is 9.56. The van der Waals surface area contributed by atoms with Crippen molar-refractivity contribution in [3.63, 3.8) is 0 Å². The predicted octanol–water partition coefficient (Wildman–Crippen LogP) is 2.08. The van der Waals surface area contributed by atoms with Crippen LogP contribution >= 0.6 is 0 Å². The second-order valence-electron chi connectivity index (χ2n) is 3.51. The van der Waals surface area contributed by atoms with E-state index in [-0.39, 0.29) is 5.82 Å². The third kappa shape index (κ3) is 5.31. The van der Waals surface area contributed by atoms with Gasteiger partial charge in [-0.2, -0.15) is 0 Å². The highest BCUT2D eigenvalue weighted by molar-refractivity contribution is 5.71. The van der Waals surface area contributed by atoms with Gasteiger partial charge in [0.05, 0.1) is 13.2 Å². The molecule has 0 heterocycles. The van der Waals surface area contributed by atoms with Crippen LogP contribution in [0.25, 0.3) is 0 Å². The molecule has 1 rings (SSSR count). The Hall–Kier alpha value is -1.62. The van der Waals surface area contributed by atoms with Crippen molar-refractivity contribution in [1.82, 2.24) is 0 Å². The molecule has 0 aliphatic rings. The Morgan fingerprint density at radius 3 is 2.59 bits per heavy atom. The molecule has 0 aromatic heterocycles. The average molecular weight is 242 g/mol. The van der Waals surface area contributed by atoms with Crippen molar-refractivity contribution in [2.75, 3.05) is 13.2 Å². The third-order valence-electron chi connectivity index (χ3n) is 2.09. The number of rotatable bonds is 7. The summed E-state index contributed by atoms with van der Waals surface area (Å²) in [5.41, 5.74) is 0. The molecule has 0 aliphatic carbocycles. The molecule has 0 radical (unpaired) electrons. The zero-order chi connectivity index (χ0) is 12.7. The lowest BCUT2D eigenvalue weighted by Gasteiger charge is -2.09. The fraction of sp³-hybridized carbons (Fsp3) is 0.417. The molecule has 0 saturated heterocycles. The maximum absolute atomic E-state index is 12.6. The van der Waals surface area contributed by atoms with Crippen LogP contribution in [0.1, 0.15) is 13.3 Å². The maximum atomic E-state index is 12.6. The van der Waals surface area contributed by atoms with Gasteiger partial charge in [-0.1, -0.05) is 0 Å². The summed E-state index contributed by atoms with van der Waals surface area (Å²) >= 11 is 0. The van der Waals surface area contributed by atoms with Gasteiger partial charge in [0.2, 0.25) is 0 Å². The molecule has 1 atom stereocenters. The van der Waals surface area contributed by atoms with E-state index in [1.807, 2.05) is 0 Å². The van der Waals surface area contributed by atoms with Gasteiger partial charge in [-0.25, -0.2) is 9.18 Å². The van der Waals surface area contributed by atoms with Crippen molar-refractivity contribution >= 4 is 5.97 Å². The van der Waals surface area contributed by atoms with E-state index in [2.05, 4.69) is 0 Å². The van der Waals surface area contributed by atoms with Crippen LogP contribution in [0.5, 0.6) is 5.75 Å². The first-order valence-corrected chi connectivity index (χ1v) is 5.32. The summed E-state index contributed by atoms with van der Waals surface area (Å²) < 4.78 is 22.9. The van der Waals surface area contributed by atoms with E-state index in [1.54, 1.807) is 0 Å². The number of hydrogen-bond acceptors (Lipinski definition) is 3. The Balaban J connectivity index is 2.12. The van der Waals surface area contributed by atoms with E-state index in [4.69, 9.17) is 14.6 Å². The minimum absolute atomic E-state index is 0.309. The van der Waals surface area contributed by atoms with Gasteiger partial charge < -0.3 is 14.6 Å². The number of carboxylic acid groups (broad SMARTS) is 1. The highest BCUT2D eigenvalue weighted by Crippen LogP contribution is 2.11. The maximum Gasteiger partial charge on any atom is 0.332 e. The summed E-state index contributed by atoms with van der Waals surface area (Å²) in [5, 5.41) is 8.55. The smallest absolute Gasteiger partial charge is 0.332 e. The van der Waals surface area contributed by atoms with Gasteiger partial charge in [-0.15, -0.1) is 0 Å². The summed E-state index contributed by atoms with van der Waals surface area (Å²) in [5.74, 6) is -0.710. The molecule has 1 aromatic carbocycles. The van der Waals surface area contributed by atoms with E-state index >= 15 is 0 Å². The van der Waals surface area contributed by atoms with Crippen molar-refractivity contribution in [3.8, 4) is 5.75 Å². The SMILES string of the molecule is CC(OCCCOc1ccc(F)cc1)C(=O)O. The summed E-state index contributed by atoms with van der Waals surface area (Å²) in [6.45, 7) is 2.19. The molecule has 0 fully saturated rings. The monoisotopic (exact) mass is 242 g/mol. The van der Waals surface area contributed by atoms with Crippen LogP contribution in [0.4, 0.5) is 4.39 Å². The molecule has 4 nitrogen and oxygen atoms in total. The Kier molecular flexibility index (Phi) is 5.42. The largest absolute Gasteiger partial charge is 0.494 e. The van der Waals surface area contributed by atoms with Crippen LogP contribution in [0.3, 0.4) is 0 Å². The first-order valence-electron chi connectivity index (χ1n) is 5.32. The summed E-state index contributed by atoms with van der Waals surface area (Å²) in [6.07, 6.45) is -0.226. The van der Waals surface area contributed by atoms with Crippen LogP contribution in [0, 0.1) is 5.82 Å². The van der Waals surface area contributed by atoms with Gasteiger partial charge in [0.1, 0.15) is 11.6 Å². The standard InChI is InChI=1S/C12H15FO4/c1-9(12(14)15)16-7-2-8-17-11-5-3-10(13)4-6-11/h3-6,9H,2,7-8H2,1H3,(H,14,15). The average Bonchev–Trinajstić information content (AvgIpc) is 2.30. The fourth-order valence-corrected chi connectivity index (χ4v) is 1.11. The Morgan fingerprint density at radius 2 is 2.00 bits per heavy atom. The second kappa shape index (κ2) is 6.85. The molecule has 0 aliphatic heterocycles. The third-order valence-corrected chi connectivity index (χ3v) is 2.09.